The Kier molecular flexibility index (Phi) is 3.45. The van der Waals surface area contributed by atoms with Gasteiger partial charge in [0.15, 0.2) is 0 Å². The van der Waals surface area contributed by atoms with Gasteiger partial charge in [0.05, 0.1) is 10.5 Å². The lowest BCUT2D eigenvalue weighted by Crippen LogP contribution is -1.86. The number of nitro groups is 1. The number of nitrogens with zero attached hydrogens (tertiary/aromatic N) is 1. The number of thiophene rings is 1. The quantitative estimate of drug-likeness (QED) is 0.605. The molecule has 0 N–H and O–H groups in total. The van der Waals surface area contributed by atoms with Gasteiger partial charge in [-0.2, -0.15) is 0 Å². The molecule has 5 heteroatoms. The Morgan fingerprint density at radius 2 is 2.06 bits per heavy atom. The van der Waals surface area contributed by atoms with E-state index >= 15 is 0 Å². The van der Waals surface area contributed by atoms with Crippen molar-refractivity contribution in [2.45, 2.75) is 13.3 Å². The molecule has 0 aliphatic carbocycles. The van der Waals surface area contributed by atoms with Crippen LogP contribution in [0, 0.1) is 10.1 Å². The van der Waals surface area contributed by atoms with Gasteiger partial charge in [-0.1, -0.05) is 48.1 Å². The molecule has 1 heterocycles. The molecule has 17 heavy (non-hydrogen) atoms. The fourth-order valence-electron chi connectivity index (χ4n) is 1.61. The normalized spacial score (nSPS) is 10.5. The molecule has 88 valence electrons. The molecule has 0 atom stereocenters. The van der Waals surface area contributed by atoms with Crippen molar-refractivity contribution in [3.05, 3.63) is 50.3 Å². The van der Waals surface area contributed by atoms with Crippen molar-refractivity contribution < 1.29 is 4.92 Å². The van der Waals surface area contributed by atoms with Crippen LogP contribution in [0.2, 0.25) is 5.02 Å². The summed E-state index contributed by atoms with van der Waals surface area (Å²) in [7, 11) is 0. The smallest absolute Gasteiger partial charge is 0.258 e. The van der Waals surface area contributed by atoms with Crippen molar-refractivity contribution in [3.63, 3.8) is 0 Å². The van der Waals surface area contributed by atoms with Crippen LogP contribution in [0.3, 0.4) is 0 Å². The molecule has 0 bridgehead atoms. The standard InChI is InChI=1S/C12H10ClNO2S/c1-2-8-7-10(12(17-8)14(15)16)9-5-3-4-6-11(9)13/h3-7H,2H2,1H3. The van der Waals surface area contributed by atoms with Gasteiger partial charge in [-0.3, -0.25) is 10.1 Å². The van der Waals surface area contributed by atoms with Crippen LogP contribution >= 0.6 is 22.9 Å². The van der Waals surface area contributed by atoms with Crippen LogP contribution in [0.25, 0.3) is 11.1 Å². The molecule has 1 aromatic carbocycles. The second-order valence-corrected chi connectivity index (χ2v) is 5.04. The fraction of sp³-hybridized carbons (Fsp3) is 0.167. The highest BCUT2D eigenvalue weighted by Crippen LogP contribution is 2.40. The third-order valence-electron chi connectivity index (χ3n) is 2.44. The van der Waals surface area contributed by atoms with Crippen molar-refractivity contribution in [2.75, 3.05) is 0 Å². The predicted molar refractivity (Wildman–Crippen MR) is 70.8 cm³/mol. The molecule has 2 aromatic rings. The lowest BCUT2D eigenvalue weighted by Gasteiger charge is -2.00. The van der Waals surface area contributed by atoms with Crippen LogP contribution in [0.15, 0.2) is 30.3 Å². The summed E-state index contributed by atoms with van der Waals surface area (Å²) in [6.45, 7) is 1.98. The number of hydrogen-bond donors (Lipinski definition) is 0. The highest BCUT2D eigenvalue weighted by Gasteiger charge is 2.21. The molecule has 0 fully saturated rings. The summed E-state index contributed by atoms with van der Waals surface area (Å²) in [5.74, 6) is 0. The first-order valence-corrected chi connectivity index (χ1v) is 6.35. The van der Waals surface area contributed by atoms with E-state index in [0.29, 0.717) is 10.6 Å². The van der Waals surface area contributed by atoms with Gasteiger partial charge >= 0.3 is 5.00 Å². The highest BCUT2D eigenvalue weighted by molar-refractivity contribution is 7.15. The van der Waals surface area contributed by atoms with E-state index in [0.717, 1.165) is 16.9 Å². The van der Waals surface area contributed by atoms with Crippen LogP contribution in [0.5, 0.6) is 0 Å². The molecule has 0 saturated carbocycles. The summed E-state index contributed by atoms with van der Waals surface area (Å²) in [6, 6.07) is 9.03. The van der Waals surface area contributed by atoms with E-state index in [-0.39, 0.29) is 9.92 Å². The van der Waals surface area contributed by atoms with Crippen molar-refractivity contribution in [3.8, 4) is 11.1 Å². The second kappa shape index (κ2) is 4.85. The third kappa shape index (κ3) is 2.33. The first kappa shape index (κ1) is 12.1. The number of aryl methyl sites for hydroxylation is 1. The van der Waals surface area contributed by atoms with Gasteiger partial charge in [-0.15, -0.1) is 0 Å². The zero-order chi connectivity index (χ0) is 12.4. The van der Waals surface area contributed by atoms with Gasteiger partial charge in [0.1, 0.15) is 0 Å². The third-order valence-corrected chi connectivity index (χ3v) is 4.00. The van der Waals surface area contributed by atoms with Crippen LogP contribution in [0.1, 0.15) is 11.8 Å². The van der Waals surface area contributed by atoms with Crippen molar-refractivity contribution >= 4 is 27.9 Å². The van der Waals surface area contributed by atoms with Gasteiger partial charge in [0, 0.05) is 15.5 Å². The molecule has 0 radical (unpaired) electrons. The second-order valence-electron chi connectivity index (χ2n) is 3.52. The molecule has 0 aliphatic rings. The van der Waals surface area contributed by atoms with E-state index < -0.39 is 0 Å². The Balaban J connectivity index is 2.62. The Morgan fingerprint density at radius 1 is 1.35 bits per heavy atom. The Hall–Kier alpha value is -1.39. The minimum atomic E-state index is -0.345. The van der Waals surface area contributed by atoms with E-state index in [1.54, 1.807) is 12.1 Å². The SMILES string of the molecule is CCc1cc(-c2ccccc2Cl)c([N+](=O)[O-])s1. The molecule has 0 saturated heterocycles. The van der Waals surface area contributed by atoms with Gasteiger partial charge in [0.25, 0.3) is 0 Å². The number of hydrogen-bond acceptors (Lipinski definition) is 3. The van der Waals surface area contributed by atoms with E-state index in [9.17, 15) is 10.1 Å². The van der Waals surface area contributed by atoms with Crippen LogP contribution in [0.4, 0.5) is 5.00 Å². The maximum Gasteiger partial charge on any atom is 0.332 e. The summed E-state index contributed by atoms with van der Waals surface area (Å²) in [5.41, 5.74) is 1.33. The zero-order valence-electron chi connectivity index (χ0n) is 9.14. The molecule has 0 aliphatic heterocycles. The zero-order valence-corrected chi connectivity index (χ0v) is 10.7. The average molecular weight is 268 g/mol. The van der Waals surface area contributed by atoms with E-state index in [2.05, 4.69) is 0 Å². The van der Waals surface area contributed by atoms with Crippen molar-refractivity contribution in [1.29, 1.82) is 0 Å². The maximum atomic E-state index is 11.0. The van der Waals surface area contributed by atoms with E-state index in [4.69, 9.17) is 11.6 Å². The molecule has 1 aromatic heterocycles. The molecule has 3 nitrogen and oxygen atoms in total. The first-order valence-electron chi connectivity index (χ1n) is 5.15. The predicted octanol–water partition coefficient (Wildman–Crippen LogP) is 4.54. The molecule has 0 spiro atoms. The highest BCUT2D eigenvalue weighted by atomic mass is 35.5. The molecular weight excluding hydrogens is 258 g/mol. The lowest BCUT2D eigenvalue weighted by atomic mass is 10.1. The van der Waals surface area contributed by atoms with Crippen LogP contribution in [-0.2, 0) is 6.42 Å². The summed E-state index contributed by atoms with van der Waals surface area (Å²) in [5, 5.41) is 11.7. The summed E-state index contributed by atoms with van der Waals surface area (Å²) >= 11 is 7.28. The van der Waals surface area contributed by atoms with E-state index in [1.807, 2.05) is 25.1 Å². The Bertz CT molecular complexity index is 565. The summed E-state index contributed by atoms with van der Waals surface area (Å²) in [4.78, 5) is 11.7. The maximum absolute atomic E-state index is 11.0. The molecule has 0 unspecified atom stereocenters. The number of rotatable bonds is 3. The summed E-state index contributed by atoms with van der Waals surface area (Å²) in [6.07, 6.45) is 0.788. The average Bonchev–Trinajstić information content (AvgIpc) is 2.73. The Morgan fingerprint density at radius 3 is 2.65 bits per heavy atom. The van der Waals surface area contributed by atoms with Gasteiger partial charge in [-0.25, -0.2) is 0 Å². The first-order chi connectivity index (χ1) is 8.13. The minimum Gasteiger partial charge on any atom is -0.258 e. The van der Waals surface area contributed by atoms with Gasteiger partial charge in [0.2, 0.25) is 0 Å². The van der Waals surface area contributed by atoms with Gasteiger partial charge in [-0.05, 0) is 18.6 Å². The largest absolute Gasteiger partial charge is 0.332 e. The van der Waals surface area contributed by atoms with E-state index in [1.165, 1.54) is 11.3 Å². The summed E-state index contributed by atoms with van der Waals surface area (Å²) < 4.78 is 0. The van der Waals surface area contributed by atoms with Gasteiger partial charge < -0.3 is 0 Å². The lowest BCUT2D eigenvalue weighted by molar-refractivity contribution is -0.379. The molecule has 0 amide bonds. The number of benzene rings is 1. The molecular formula is C12H10ClNO2S. The minimum absolute atomic E-state index is 0.162. The number of halogens is 1. The topological polar surface area (TPSA) is 43.1 Å². The van der Waals surface area contributed by atoms with Crippen molar-refractivity contribution in [1.82, 2.24) is 0 Å². The van der Waals surface area contributed by atoms with Crippen molar-refractivity contribution in [2.24, 2.45) is 0 Å². The Labute approximate surface area is 108 Å². The van der Waals surface area contributed by atoms with Crippen LogP contribution < -0.4 is 0 Å². The fourth-order valence-corrected chi connectivity index (χ4v) is 2.77. The monoisotopic (exact) mass is 267 g/mol. The molecule has 2 rings (SSSR count). The van der Waals surface area contributed by atoms with Crippen LogP contribution in [-0.4, -0.2) is 4.92 Å².